The highest BCUT2D eigenvalue weighted by Crippen LogP contribution is 2.56. The predicted octanol–water partition coefficient (Wildman–Crippen LogP) is 7.21. The van der Waals surface area contributed by atoms with Crippen LogP contribution in [-0.2, 0) is 4.57 Å². The molecule has 0 atom stereocenters. The normalized spacial score (nSPS) is 24.3. The summed E-state index contributed by atoms with van der Waals surface area (Å²) in [4.78, 5) is 15.5. The van der Waals surface area contributed by atoms with E-state index in [1.54, 1.807) is 0 Å². The van der Waals surface area contributed by atoms with Gasteiger partial charge in [-0.05, 0) is 71.3 Å². The predicted molar refractivity (Wildman–Crippen MR) is 203 cm³/mol. The number of hydrogen-bond donors (Lipinski definition) is 0. The van der Waals surface area contributed by atoms with Gasteiger partial charge in [0.1, 0.15) is 18.5 Å². The molecule has 0 fully saturated rings. The quantitative estimate of drug-likeness (QED) is 0.158. The number of hydrogen-bond acceptors (Lipinski definition) is 7. The van der Waals surface area contributed by atoms with Crippen LogP contribution in [0, 0.1) is 0 Å². The van der Waals surface area contributed by atoms with Gasteiger partial charge in [-0.1, -0.05) is 91.0 Å². The van der Waals surface area contributed by atoms with Crippen LogP contribution in [0.3, 0.4) is 0 Å². The molecule has 0 radical (unpaired) electrons. The second-order valence-corrected chi connectivity index (χ2v) is 17.0. The summed E-state index contributed by atoms with van der Waals surface area (Å²) in [6.07, 6.45) is -0.453. The molecule has 6 aromatic carbocycles. The maximum Gasteiger partial charge on any atom is 0.171 e. The van der Waals surface area contributed by atoms with Gasteiger partial charge in [-0.3, -0.25) is 0 Å². The fraction of sp³-hybridized carbons (Fsp3) is 0.143. The number of nitrogens with zero attached hydrogens (tertiary/aromatic N) is 6. The molecule has 6 aliphatic rings. The van der Waals surface area contributed by atoms with Gasteiger partial charge < -0.3 is 34.0 Å². The Kier molecular flexibility index (Phi) is 5.18. The molecule has 50 heavy (non-hydrogen) atoms. The van der Waals surface area contributed by atoms with Crippen molar-refractivity contribution in [1.29, 1.82) is 0 Å². The summed E-state index contributed by atoms with van der Waals surface area (Å²) in [6.45, 7) is 2.09. The number of benzene rings is 6. The molecule has 8 heteroatoms. The third-order valence-corrected chi connectivity index (χ3v) is 14.8. The Bertz CT molecular complexity index is 2110. The largest absolute Gasteiger partial charge is 0.327 e. The van der Waals surface area contributed by atoms with E-state index in [0.29, 0.717) is 20.0 Å². The lowest BCUT2D eigenvalue weighted by atomic mass is 10.1. The highest BCUT2D eigenvalue weighted by atomic mass is 31.2. The van der Waals surface area contributed by atoms with Gasteiger partial charge in [-0.25, -0.2) is 0 Å². The van der Waals surface area contributed by atoms with E-state index in [9.17, 15) is 0 Å². The van der Waals surface area contributed by atoms with Crippen molar-refractivity contribution in [3.63, 3.8) is 0 Å². The van der Waals surface area contributed by atoms with Crippen LogP contribution >= 0.6 is 7.14 Å². The van der Waals surface area contributed by atoms with Crippen LogP contribution in [-0.4, -0.2) is 20.0 Å². The first-order valence-electron chi connectivity index (χ1n) is 17.5. The van der Waals surface area contributed by atoms with Gasteiger partial charge in [0.2, 0.25) is 0 Å². The van der Waals surface area contributed by atoms with Crippen molar-refractivity contribution >= 4 is 57.2 Å². The zero-order valence-corrected chi connectivity index (χ0v) is 28.1. The second kappa shape index (κ2) is 9.52. The van der Waals surface area contributed by atoms with Crippen molar-refractivity contribution in [2.75, 3.05) is 49.4 Å². The van der Waals surface area contributed by atoms with Crippen molar-refractivity contribution in [3.05, 3.63) is 162 Å². The van der Waals surface area contributed by atoms with Gasteiger partial charge in [-0.15, -0.1) is 0 Å². The van der Waals surface area contributed by atoms with Crippen molar-refractivity contribution in [2.24, 2.45) is 0 Å². The van der Waals surface area contributed by atoms with Gasteiger partial charge >= 0.3 is 0 Å². The lowest BCUT2D eigenvalue weighted by molar-refractivity contribution is 0.501. The van der Waals surface area contributed by atoms with Gasteiger partial charge in [-0.2, -0.15) is 0 Å². The highest BCUT2D eigenvalue weighted by molar-refractivity contribution is 7.85. The summed E-state index contributed by atoms with van der Waals surface area (Å²) in [5.41, 5.74) is 10.7. The highest BCUT2D eigenvalue weighted by Gasteiger charge is 2.49. The van der Waals surface area contributed by atoms with Crippen LogP contribution in [0.4, 0.5) is 34.1 Å². The summed E-state index contributed by atoms with van der Waals surface area (Å²) in [5, 5.41) is 2.63. The molecule has 0 N–H and O–H groups in total. The summed E-state index contributed by atoms with van der Waals surface area (Å²) in [6, 6.07) is 52.8. The van der Waals surface area contributed by atoms with E-state index in [1.165, 1.54) is 34.1 Å². The van der Waals surface area contributed by atoms with Gasteiger partial charge in [0, 0.05) is 15.9 Å². The molecular formula is C42H33N6OP. The maximum absolute atomic E-state index is 16.4. The molecule has 0 unspecified atom stereocenters. The average Bonchev–Trinajstić information content (AvgIpc) is 3.85. The standard InChI is InChI=1S/C42H33N6OP/c49-50-31-13-7-10-28(22-31)40-43-25-44(35-17-2-1-16-34(35)43)41(29-11-8-14-32(50)23-29)46-27-48(39-21-6-5-20-38(39)46)42(30-12-9-15-33(50)24-30)47-26-45(40)36-18-3-4-19-37(36)47/h1-24,40-42H,25-27H2. The van der Waals surface area contributed by atoms with Gasteiger partial charge in [0.25, 0.3) is 0 Å². The van der Waals surface area contributed by atoms with Crippen LogP contribution in [0.1, 0.15) is 35.2 Å². The first-order chi connectivity index (χ1) is 24.7. The van der Waals surface area contributed by atoms with E-state index in [0.717, 1.165) is 32.6 Å². The van der Waals surface area contributed by atoms with Crippen LogP contribution in [0.15, 0.2) is 146 Å². The topological polar surface area (TPSA) is 36.5 Å². The van der Waals surface area contributed by atoms with Crippen molar-refractivity contribution in [1.82, 2.24) is 0 Å². The molecular weight excluding hydrogens is 635 g/mol. The Hall–Kier alpha value is -5.65. The smallest absolute Gasteiger partial charge is 0.171 e. The zero-order chi connectivity index (χ0) is 32.7. The van der Waals surface area contributed by atoms with E-state index in [2.05, 4.69) is 175 Å². The molecule has 0 amide bonds. The molecule has 6 aliphatic heterocycles. The van der Waals surface area contributed by atoms with Crippen LogP contribution in [0.2, 0.25) is 0 Å². The minimum atomic E-state index is -3.32. The molecule has 242 valence electrons. The molecule has 0 spiro atoms. The average molecular weight is 669 g/mol. The minimum Gasteiger partial charge on any atom is -0.327 e. The van der Waals surface area contributed by atoms with E-state index in [4.69, 9.17) is 0 Å². The maximum atomic E-state index is 16.4. The summed E-state index contributed by atoms with van der Waals surface area (Å²) >= 11 is 0. The monoisotopic (exact) mass is 668 g/mol. The summed E-state index contributed by atoms with van der Waals surface area (Å²) in [7, 11) is -3.32. The lowest BCUT2D eigenvalue weighted by Crippen LogP contribution is -2.52. The molecule has 0 aromatic heterocycles. The third kappa shape index (κ3) is 3.34. The number of anilines is 6. The first kappa shape index (κ1) is 27.2. The Labute approximate surface area is 291 Å². The van der Waals surface area contributed by atoms with Crippen molar-refractivity contribution in [2.45, 2.75) is 18.5 Å². The fourth-order valence-corrected chi connectivity index (χ4v) is 12.5. The molecule has 0 saturated carbocycles. The molecule has 12 rings (SSSR count). The Balaban J connectivity index is 1.31. The van der Waals surface area contributed by atoms with Gasteiger partial charge in [0.15, 0.2) is 7.14 Å². The summed E-state index contributed by atoms with van der Waals surface area (Å²) in [5.74, 6) is 0. The SMILES string of the molecule is O=P12c3cccc(c3)C3N4CN(c5ccccc54)C(c4cccc1c4)N1CN(c4ccccc41)C(c1cccc2c1)N1CN3c2ccccc21. The van der Waals surface area contributed by atoms with Crippen LogP contribution in [0.25, 0.3) is 0 Å². The van der Waals surface area contributed by atoms with E-state index in [-0.39, 0.29) is 18.5 Å². The number of rotatable bonds is 0. The van der Waals surface area contributed by atoms with Crippen molar-refractivity contribution in [3.8, 4) is 0 Å². The lowest BCUT2D eigenvalue weighted by Gasteiger charge is -2.45. The second-order valence-electron chi connectivity index (χ2n) is 14.2. The van der Waals surface area contributed by atoms with E-state index < -0.39 is 7.14 Å². The number of para-hydroxylation sites is 6. The van der Waals surface area contributed by atoms with Crippen molar-refractivity contribution < 1.29 is 4.57 Å². The Morgan fingerprint density at radius 1 is 0.360 bits per heavy atom. The molecule has 16 bridgehead atoms. The Morgan fingerprint density at radius 3 is 0.880 bits per heavy atom. The third-order valence-electron chi connectivity index (χ3n) is 11.8. The molecule has 0 aliphatic carbocycles. The van der Waals surface area contributed by atoms with Crippen LogP contribution in [0.5, 0.6) is 0 Å². The minimum absolute atomic E-state index is 0.151. The zero-order valence-electron chi connectivity index (χ0n) is 27.2. The molecule has 6 aromatic rings. The fourth-order valence-electron chi connectivity index (χ4n) is 9.73. The Morgan fingerprint density at radius 2 is 0.620 bits per heavy atom. The van der Waals surface area contributed by atoms with E-state index in [1.807, 2.05) is 0 Å². The first-order valence-corrected chi connectivity index (χ1v) is 19.2. The van der Waals surface area contributed by atoms with E-state index >= 15 is 4.57 Å². The summed E-state index contributed by atoms with van der Waals surface area (Å²) < 4.78 is 16.4. The molecule has 7 nitrogen and oxygen atoms in total. The van der Waals surface area contributed by atoms with Crippen LogP contribution < -0.4 is 45.3 Å². The van der Waals surface area contributed by atoms with Gasteiger partial charge in [0.05, 0.1) is 54.1 Å². The molecule has 6 heterocycles. The number of fused-ring (bicyclic) bond motifs is 21. The molecule has 0 saturated heterocycles.